The van der Waals surface area contributed by atoms with Gasteiger partial charge in [-0.25, -0.2) is 13.1 Å². The summed E-state index contributed by atoms with van der Waals surface area (Å²) in [7, 11) is -3.65. The van der Waals surface area contributed by atoms with E-state index in [0.717, 1.165) is 5.69 Å². The van der Waals surface area contributed by atoms with Crippen LogP contribution in [0.5, 0.6) is 11.5 Å². The van der Waals surface area contributed by atoms with Gasteiger partial charge in [0.1, 0.15) is 23.1 Å². The van der Waals surface area contributed by atoms with E-state index in [1.165, 1.54) is 24.3 Å². The van der Waals surface area contributed by atoms with Crippen molar-refractivity contribution in [1.29, 1.82) is 5.26 Å². The van der Waals surface area contributed by atoms with Crippen LogP contribution in [-0.4, -0.2) is 19.9 Å². The van der Waals surface area contributed by atoms with Gasteiger partial charge in [0.15, 0.2) is 0 Å². The molecule has 1 N–H and O–H groups in total. The summed E-state index contributed by atoms with van der Waals surface area (Å²) < 4.78 is 33.0. The lowest BCUT2D eigenvalue weighted by molar-refractivity contribution is 0.480. The minimum absolute atomic E-state index is 0.118. The largest absolute Gasteiger partial charge is 0.456 e. The van der Waals surface area contributed by atoms with E-state index in [1.54, 1.807) is 30.5 Å². The topological polar surface area (TPSA) is 92.1 Å². The second kappa shape index (κ2) is 8.85. The van der Waals surface area contributed by atoms with Crippen LogP contribution < -0.4 is 9.46 Å². The highest BCUT2D eigenvalue weighted by molar-refractivity contribution is 7.89. The first-order valence-electron chi connectivity index (χ1n) is 8.36. The van der Waals surface area contributed by atoms with Crippen molar-refractivity contribution in [2.75, 3.05) is 6.54 Å². The lowest BCUT2D eigenvalue weighted by atomic mass is 10.2. The summed E-state index contributed by atoms with van der Waals surface area (Å²) in [4.78, 5) is 4.28. The summed E-state index contributed by atoms with van der Waals surface area (Å²) in [5, 5.41) is 9.47. The molecule has 0 spiro atoms. The summed E-state index contributed by atoms with van der Waals surface area (Å²) >= 11 is 5.98. The van der Waals surface area contributed by atoms with E-state index < -0.39 is 10.0 Å². The van der Waals surface area contributed by atoms with Gasteiger partial charge in [0.25, 0.3) is 0 Å². The molecule has 0 unspecified atom stereocenters. The Morgan fingerprint density at radius 2 is 1.86 bits per heavy atom. The summed E-state index contributed by atoms with van der Waals surface area (Å²) in [6.07, 6.45) is 2.16. The molecule has 0 aliphatic rings. The number of rotatable bonds is 7. The van der Waals surface area contributed by atoms with E-state index >= 15 is 0 Å². The maximum atomic E-state index is 12.4. The van der Waals surface area contributed by atoms with E-state index in [2.05, 4.69) is 9.71 Å². The zero-order valence-corrected chi connectivity index (χ0v) is 16.2. The van der Waals surface area contributed by atoms with Gasteiger partial charge in [0.2, 0.25) is 10.0 Å². The summed E-state index contributed by atoms with van der Waals surface area (Å²) in [5.74, 6) is 0.699. The number of nitriles is 1. The minimum atomic E-state index is -3.65. The molecule has 0 saturated carbocycles. The predicted molar refractivity (Wildman–Crippen MR) is 106 cm³/mol. The molecule has 6 nitrogen and oxygen atoms in total. The molecule has 0 aliphatic heterocycles. The Morgan fingerprint density at radius 1 is 1.07 bits per heavy atom. The van der Waals surface area contributed by atoms with Crippen LogP contribution in [0.25, 0.3) is 0 Å². The molecule has 0 aliphatic carbocycles. The highest BCUT2D eigenvalue weighted by Gasteiger charge is 2.14. The highest BCUT2D eigenvalue weighted by Crippen LogP contribution is 2.30. The third-order valence-corrected chi connectivity index (χ3v) is 5.64. The van der Waals surface area contributed by atoms with Gasteiger partial charge in [-0.1, -0.05) is 23.7 Å². The SMILES string of the molecule is N#Cc1c(Cl)cccc1Oc1ccc(S(=O)(=O)NCCc2ccccn2)cc1. The van der Waals surface area contributed by atoms with Crippen LogP contribution in [0.3, 0.4) is 0 Å². The van der Waals surface area contributed by atoms with Gasteiger partial charge in [-0.2, -0.15) is 5.26 Å². The fraction of sp³-hybridized carbons (Fsp3) is 0.100. The molecule has 28 heavy (non-hydrogen) atoms. The number of pyridine rings is 1. The first kappa shape index (κ1) is 19.8. The first-order valence-corrected chi connectivity index (χ1v) is 10.2. The van der Waals surface area contributed by atoms with Gasteiger partial charge < -0.3 is 4.74 Å². The van der Waals surface area contributed by atoms with Crippen LogP contribution in [0.4, 0.5) is 0 Å². The summed E-state index contributed by atoms with van der Waals surface area (Å²) in [6, 6.07) is 18.3. The number of benzene rings is 2. The Morgan fingerprint density at radius 3 is 2.54 bits per heavy atom. The van der Waals surface area contributed by atoms with Crippen LogP contribution in [0.15, 0.2) is 71.8 Å². The maximum absolute atomic E-state index is 12.4. The van der Waals surface area contributed by atoms with Crippen molar-refractivity contribution >= 4 is 21.6 Å². The molecule has 0 amide bonds. The molecule has 8 heteroatoms. The average Bonchev–Trinajstić information content (AvgIpc) is 2.69. The Bertz CT molecular complexity index is 1100. The standard InChI is InChI=1S/C20H16ClN3O3S/c21-19-5-3-6-20(18(19)14-22)27-16-7-9-17(10-8-16)28(25,26)24-13-11-15-4-1-2-12-23-15/h1-10,12,24H,11,13H2. The molecule has 142 valence electrons. The summed E-state index contributed by atoms with van der Waals surface area (Å²) in [6.45, 7) is 0.242. The van der Waals surface area contributed by atoms with Crippen LogP contribution in [0.1, 0.15) is 11.3 Å². The van der Waals surface area contributed by atoms with Gasteiger partial charge in [0, 0.05) is 24.9 Å². The van der Waals surface area contributed by atoms with Crippen LogP contribution in [0.2, 0.25) is 5.02 Å². The number of ether oxygens (including phenoxy) is 1. The molecule has 1 heterocycles. The van der Waals surface area contributed by atoms with Crippen molar-refractivity contribution < 1.29 is 13.2 Å². The Kier molecular flexibility index (Phi) is 6.26. The molecule has 2 aromatic carbocycles. The van der Waals surface area contributed by atoms with Crippen molar-refractivity contribution in [2.24, 2.45) is 0 Å². The Balaban J connectivity index is 1.66. The third kappa shape index (κ3) is 4.87. The molecular formula is C20H16ClN3O3S. The van der Waals surface area contributed by atoms with Gasteiger partial charge in [-0.3, -0.25) is 4.98 Å². The van der Waals surface area contributed by atoms with E-state index in [1.807, 2.05) is 18.2 Å². The number of hydrogen-bond donors (Lipinski definition) is 1. The fourth-order valence-corrected chi connectivity index (χ4v) is 3.69. The predicted octanol–water partition coefficient (Wildman–Crippen LogP) is 3.92. The van der Waals surface area contributed by atoms with Crippen LogP contribution in [-0.2, 0) is 16.4 Å². The van der Waals surface area contributed by atoms with Crippen molar-refractivity contribution in [3.63, 3.8) is 0 Å². The molecule has 0 bridgehead atoms. The smallest absolute Gasteiger partial charge is 0.240 e. The Labute approximate surface area is 168 Å². The lowest BCUT2D eigenvalue weighted by Crippen LogP contribution is -2.26. The monoisotopic (exact) mass is 413 g/mol. The molecule has 3 rings (SSSR count). The lowest BCUT2D eigenvalue weighted by Gasteiger charge is -2.10. The van der Waals surface area contributed by atoms with E-state index in [-0.39, 0.29) is 22.0 Å². The van der Waals surface area contributed by atoms with Crippen molar-refractivity contribution in [2.45, 2.75) is 11.3 Å². The quantitative estimate of drug-likeness (QED) is 0.633. The summed E-state index contributed by atoms with van der Waals surface area (Å²) in [5.41, 5.74) is 1.03. The zero-order valence-electron chi connectivity index (χ0n) is 14.7. The number of sulfonamides is 1. The van der Waals surface area contributed by atoms with E-state index in [0.29, 0.717) is 17.9 Å². The molecule has 3 aromatic rings. The molecule has 1 aromatic heterocycles. The number of nitrogens with zero attached hydrogens (tertiary/aromatic N) is 2. The van der Waals surface area contributed by atoms with Crippen molar-refractivity contribution in [3.05, 3.63) is 83.1 Å². The highest BCUT2D eigenvalue weighted by atomic mass is 35.5. The molecule has 0 radical (unpaired) electrons. The normalized spacial score (nSPS) is 11.0. The van der Waals surface area contributed by atoms with Crippen LogP contribution in [0, 0.1) is 11.3 Å². The third-order valence-electron chi connectivity index (χ3n) is 3.85. The number of nitrogens with one attached hydrogen (secondary N) is 1. The Hall–Kier alpha value is -2.92. The molecular weight excluding hydrogens is 398 g/mol. The van der Waals surface area contributed by atoms with Gasteiger partial charge in [-0.15, -0.1) is 0 Å². The number of aromatic nitrogens is 1. The van der Waals surface area contributed by atoms with Crippen molar-refractivity contribution in [1.82, 2.24) is 9.71 Å². The fourth-order valence-electron chi connectivity index (χ4n) is 2.45. The van der Waals surface area contributed by atoms with Gasteiger partial charge in [0.05, 0.1) is 9.92 Å². The van der Waals surface area contributed by atoms with Gasteiger partial charge in [-0.05, 0) is 48.5 Å². The number of halogens is 1. The molecule has 0 fully saturated rings. The van der Waals surface area contributed by atoms with Crippen LogP contribution >= 0.6 is 11.6 Å². The maximum Gasteiger partial charge on any atom is 0.240 e. The second-order valence-corrected chi connectivity index (χ2v) is 7.94. The second-order valence-electron chi connectivity index (χ2n) is 5.77. The first-order chi connectivity index (χ1) is 13.5. The zero-order chi connectivity index (χ0) is 20.0. The average molecular weight is 414 g/mol. The molecule has 0 atom stereocenters. The van der Waals surface area contributed by atoms with Crippen molar-refractivity contribution in [3.8, 4) is 17.6 Å². The van der Waals surface area contributed by atoms with Gasteiger partial charge >= 0.3 is 0 Å². The minimum Gasteiger partial charge on any atom is -0.456 e. The van der Waals surface area contributed by atoms with E-state index in [9.17, 15) is 13.7 Å². The molecule has 0 saturated heterocycles. The van der Waals surface area contributed by atoms with E-state index in [4.69, 9.17) is 16.3 Å². The number of hydrogen-bond acceptors (Lipinski definition) is 5.